The third-order valence-electron chi connectivity index (χ3n) is 5.20. The van der Waals surface area contributed by atoms with Gasteiger partial charge < -0.3 is 29.0 Å². The maximum atomic E-state index is 12.7. The van der Waals surface area contributed by atoms with E-state index in [1.54, 1.807) is 36.4 Å². The SMILES string of the molecule is CCOc1ccc(NC(=O)/C(C#N)=C\c2cc(OC)c(OCc3ccc4c(c3)OCO4)cc2Br)cc1. The summed E-state index contributed by atoms with van der Waals surface area (Å²) in [6.45, 7) is 2.93. The molecule has 8 nitrogen and oxygen atoms in total. The van der Waals surface area contributed by atoms with Crippen molar-refractivity contribution in [1.29, 1.82) is 5.26 Å². The Morgan fingerprint density at radius 2 is 1.86 bits per heavy atom. The number of benzene rings is 3. The highest BCUT2D eigenvalue weighted by atomic mass is 79.9. The van der Waals surface area contributed by atoms with Gasteiger partial charge in [0.1, 0.15) is 24.0 Å². The van der Waals surface area contributed by atoms with Gasteiger partial charge in [0.05, 0.1) is 13.7 Å². The molecule has 1 N–H and O–H groups in total. The number of fused-ring (bicyclic) bond motifs is 1. The third kappa shape index (κ3) is 5.90. The summed E-state index contributed by atoms with van der Waals surface area (Å²) in [5.41, 5.74) is 1.97. The second-order valence-electron chi connectivity index (χ2n) is 7.58. The molecule has 0 aliphatic carbocycles. The lowest BCUT2D eigenvalue weighted by atomic mass is 10.1. The second-order valence-corrected chi connectivity index (χ2v) is 8.44. The number of methoxy groups -OCH3 is 1. The molecule has 0 atom stereocenters. The molecule has 0 saturated heterocycles. The Morgan fingerprint density at radius 1 is 1.08 bits per heavy atom. The number of nitriles is 1. The lowest BCUT2D eigenvalue weighted by molar-refractivity contribution is -0.112. The Bertz CT molecular complexity index is 1330. The summed E-state index contributed by atoms with van der Waals surface area (Å²) >= 11 is 3.50. The lowest BCUT2D eigenvalue weighted by Crippen LogP contribution is -2.13. The molecule has 0 fully saturated rings. The summed E-state index contributed by atoms with van der Waals surface area (Å²) in [5.74, 6) is 2.50. The first-order chi connectivity index (χ1) is 17.5. The molecule has 1 aliphatic rings. The van der Waals surface area contributed by atoms with E-state index in [9.17, 15) is 10.1 Å². The van der Waals surface area contributed by atoms with Crippen LogP contribution in [0.4, 0.5) is 5.69 Å². The highest BCUT2D eigenvalue weighted by Gasteiger charge is 2.16. The van der Waals surface area contributed by atoms with Crippen molar-refractivity contribution in [1.82, 2.24) is 0 Å². The zero-order valence-corrected chi connectivity index (χ0v) is 21.3. The summed E-state index contributed by atoms with van der Waals surface area (Å²) in [6, 6.07) is 17.9. The number of halogens is 1. The fourth-order valence-electron chi connectivity index (χ4n) is 3.43. The number of carbonyl (C=O) groups is 1. The summed E-state index contributed by atoms with van der Waals surface area (Å²) in [7, 11) is 1.52. The number of anilines is 1. The van der Waals surface area contributed by atoms with Crippen LogP contribution < -0.4 is 29.0 Å². The molecule has 3 aromatic carbocycles. The van der Waals surface area contributed by atoms with Gasteiger partial charge in [-0.25, -0.2) is 0 Å². The first-order valence-corrected chi connectivity index (χ1v) is 11.8. The second kappa shape index (κ2) is 11.5. The van der Waals surface area contributed by atoms with E-state index in [1.165, 1.54) is 13.2 Å². The Labute approximate surface area is 217 Å². The number of carbonyl (C=O) groups excluding carboxylic acids is 1. The van der Waals surface area contributed by atoms with E-state index in [2.05, 4.69) is 21.2 Å². The molecule has 184 valence electrons. The van der Waals surface area contributed by atoms with Gasteiger partial charge in [0.15, 0.2) is 23.0 Å². The van der Waals surface area contributed by atoms with Crippen LogP contribution in [-0.2, 0) is 11.4 Å². The van der Waals surface area contributed by atoms with Crippen LogP contribution in [0.1, 0.15) is 18.1 Å². The van der Waals surface area contributed by atoms with Gasteiger partial charge in [0.25, 0.3) is 5.91 Å². The molecular formula is C27H23BrN2O6. The molecule has 0 saturated carbocycles. The van der Waals surface area contributed by atoms with Crippen LogP contribution in [0.25, 0.3) is 6.08 Å². The lowest BCUT2D eigenvalue weighted by Gasteiger charge is -2.13. The zero-order chi connectivity index (χ0) is 25.5. The van der Waals surface area contributed by atoms with Gasteiger partial charge in [0, 0.05) is 10.2 Å². The monoisotopic (exact) mass is 550 g/mol. The molecule has 0 aromatic heterocycles. The molecule has 1 aliphatic heterocycles. The Balaban J connectivity index is 1.49. The van der Waals surface area contributed by atoms with Gasteiger partial charge in [-0.2, -0.15) is 5.26 Å². The number of hydrogen-bond acceptors (Lipinski definition) is 7. The number of amides is 1. The van der Waals surface area contributed by atoms with Crippen LogP contribution in [0.3, 0.4) is 0 Å². The van der Waals surface area contributed by atoms with Crippen LogP contribution in [0.15, 0.2) is 64.6 Å². The predicted octanol–water partition coefficient (Wildman–Crippen LogP) is 5.71. The normalized spacial score (nSPS) is 12.0. The van der Waals surface area contributed by atoms with E-state index < -0.39 is 5.91 Å². The van der Waals surface area contributed by atoms with Crippen LogP contribution in [0.2, 0.25) is 0 Å². The minimum Gasteiger partial charge on any atom is -0.494 e. The minimum absolute atomic E-state index is 0.0688. The molecule has 1 amide bonds. The Hall–Kier alpha value is -4.16. The molecule has 0 bridgehead atoms. The molecule has 0 spiro atoms. The number of hydrogen-bond donors (Lipinski definition) is 1. The van der Waals surface area contributed by atoms with Gasteiger partial charge in [-0.3, -0.25) is 4.79 Å². The fraction of sp³-hybridized carbons (Fsp3) is 0.185. The molecule has 0 unspecified atom stereocenters. The molecular weight excluding hydrogens is 528 g/mol. The van der Waals surface area contributed by atoms with Crippen molar-refractivity contribution in [2.45, 2.75) is 13.5 Å². The zero-order valence-electron chi connectivity index (χ0n) is 19.7. The van der Waals surface area contributed by atoms with Gasteiger partial charge in [-0.05, 0) is 72.7 Å². The number of ether oxygens (including phenoxy) is 5. The predicted molar refractivity (Wildman–Crippen MR) is 137 cm³/mol. The number of rotatable bonds is 9. The highest BCUT2D eigenvalue weighted by Crippen LogP contribution is 2.36. The maximum absolute atomic E-state index is 12.7. The van der Waals surface area contributed by atoms with E-state index in [0.29, 0.717) is 51.1 Å². The van der Waals surface area contributed by atoms with Gasteiger partial charge >= 0.3 is 0 Å². The number of nitrogens with zero attached hydrogens (tertiary/aromatic N) is 1. The first kappa shape index (κ1) is 24.9. The van der Waals surface area contributed by atoms with Crippen LogP contribution in [0.5, 0.6) is 28.7 Å². The summed E-state index contributed by atoms with van der Waals surface area (Å²) in [6.07, 6.45) is 1.48. The topological polar surface area (TPSA) is 99.0 Å². The molecule has 1 heterocycles. The fourth-order valence-corrected chi connectivity index (χ4v) is 3.87. The Kier molecular flexibility index (Phi) is 7.98. The van der Waals surface area contributed by atoms with Crippen molar-refractivity contribution in [2.24, 2.45) is 0 Å². The van der Waals surface area contributed by atoms with E-state index >= 15 is 0 Å². The summed E-state index contributed by atoms with van der Waals surface area (Å²) < 4.78 is 28.2. The standard InChI is InChI=1S/C27H23BrN2O6/c1-3-33-21-7-5-20(6-8-21)30-27(31)19(14-29)11-18-12-24(32-2)26(13-22(18)28)34-15-17-4-9-23-25(10-17)36-16-35-23/h4-13H,3,15-16H2,1-2H3,(H,30,31)/b19-11-. The first-order valence-electron chi connectivity index (χ1n) is 11.1. The minimum atomic E-state index is -0.532. The molecule has 0 radical (unpaired) electrons. The van der Waals surface area contributed by atoms with Crippen molar-refractivity contribution < 1.29 is 28.5 Å². The summed E-state index contributed by atoms with van der Waals surface area (Å²) in [5, 5.41) is 12.3. The average molecular weight is 551 g/mol. The van der Waals surface area contributed by atoms with Gasteiger partial charge in [-0.1, -0.05) is 22.0 Å². The molecule has 9 heteroatoms. The molecule has 36 heavy (non-hydrogen) atoms. The van der Waals surface area contributed by atoms with Crippen molar-refractivity contribution in [2.75, 3.05) is 25.8 Å². The smallest absolute Gasteiger partial charge is 0.266 e. The van der Waals surface area contributed by atoms with Crippen LogP contribution >= 0.6 is 15.9 Å². The van der Waals surface area contributed by atoms with Crippen molar-refractivity contribution in [3.63, 3.8) is 0 Å². The van der Waals surface area contributed by atoms with Crippen molar-refractivity contribution in [3.05, 3.63) is 75.8 Å². The van der Waals surface area contributed by atoms with Gasteiger partial charge in [0.2, 0.25) is 6.79 Å². The van der Waals surface area contributed by atoms with Crippen LogP contribution in [0, 0.1) is 11.3 Å². The molecule has 3 aromatic rings. The van der Waals surface area contributed by atoms with E-state index in [1.807, 2.05) is 31.2 Å². The van der Waals surface area contributed by atoms with Crippen molar-refractivity contribution in [3.8, 4) is 34.8 Å². The number of nitrogens with one attached hydrogen (secondary N) is 1. The quantitative estimate of drug-likeness (QED) is 0.269. The van der Waals surface area contributed by atoms with Gasteiger partial charge in [-0.15, -0.1) is 0 Å². The third-order valence-corrected chi connectivity index (χ3v) is 5.89. The van der Waals surface area contributed by atoms with Crippen LogP contribution in [-0.4, -0.2) is 26.4 Å². The summed E-state index contributed by atoms with van der Waals surface area (Å²) in [4.78, 5) is 12.7. The largest absolute Gasteiger partial charge is 0.494 e. The highest BCUT2D eigenvalue weighted by molar-refractivity contribution is 9.10. The maximum Gasteiger partial charge on any atom is 0.266 e. The van der Waals surface area contributed by atoms with Crippen molar-refractivity contribution >= 4 is 33.6 Å². The Morgan fingerprint density at radius 3 is 2.58 bits per heavy atom. The van der Waals surface area contributed by atoms with E-state index in [4.69, 9.17) is 23.7 Å². The molecule has 4 rings (SSSR count). The average Bonchev–Trinajstić information content (AvgIpc) is 3.36. The van der Waals surface area contributed by atoms with E-state index in [-0.39, 0.29) is 19.0 Å². The van der Waals surface area contributed by atoms with E-state index in [0.717, 1.165) is 5.56 Å².